The largest absolute Gasteiger partial charge is 0.480 e. The van der Waals surface area contributed by atoms with E-state index in [4.69, 9.17) is 5.11 Å². The van der Waals surface area contributed by atoms with Gasteiger partial charge >= 0.3 is 5.97 Å². The highest BCUT2D eigenvalue weighted by Gasteiger charge is 2.46. The lowest BCUT2D eigenvalue weighted by Crippen LogP contribution is -2.60. The predicted molar refractivity (Wildman–Crippen MR) is 65.7 cm³/mol. The highest BCUT2D eigenvalue weighted by Crippen LogP contribution is 2.32. The van der Waals surface area contributed by atoms with Crippen LogP contribution in [0.25, 0.3) is 0 Å². The standard InChI is InChI=1S/C13H23NO3/c1-3-6-10(7-4-2)11(15)14-13(12(16)17)8-5-9-13/h10H,3-9H2,1-2H3,(H,14,15)(H,16,17). The monoisotopic (exact) mass is 241 g/mol. The van der Waals surface area contributed by atoms with Crippen LogP contribution in [0.5, 0.6) is 0 Å². The van der Waals surface area contributed by atoms with Gasteiger partial charge in [0.05, 0.1) is 0 Å². The number of carbonyl (C=O) groups excluding carboxylic acids is 1. The van der Waals surface area contributed by atoms with Crippen LogP contribution in [0, 0.1) is 5.92 Å². The minimum Gasteiger partial charge on any atom is -0.480 e. The maximum atomic E-state index is 12.1. The summed E-state index contributed by atoms with van der Waals surface area (Å²) in [5.41, 5.74) is -0.961. The summed E-state index contributed by atoms with van der Waals surface area (Å²) in [5, 5.41) is 11.9. The van der Waals surface area contributed by atoms with Gasteiger partial charge in [-0.05, 0) is 32.1 Å². The Morgan fingerprint density at radius 3 is 2.06 bits per heavy atom. The summed E-state index contributed by atoms with van der Waals surface area (Å²) in [5.74, 6) is -0.985. The van der Waals surface area contributed by atoms with Gasteiger partial charge < -0.3 is 10.4 Å². The van der Waals surface area contributed by atoms with Gasteiger partial charge in [-0.15, -0.1) is 0 Å². The van der Waals surface area contributed by atoms with Crippen molar-refractivity contribution < 1.29 is 14.7 Å². The average Bonchev–Trinajstić information content (AvgIpc) is 2.22. The third kappa shape index (κ3) is 3.20. The summed E-state index contributed by atoms with van der Waals surface area (Å²) in [6.07, 6.45) is 5.62. The molecule has 0 aromatic heterocycles. The van der Waals surface area contributed by atoms with Crippen molar-refractivity contribution in [3.8, 4) is 0 Å². The van der Waals surface area contributed by atoms with Gasteiger partial charge in [-0.2, -0.15) is 0 Å². The van der Waals surface area contributed by atoms with Crippen LogP contribution in [-0.2, 0) is 9.59 Å². The van der Waals surface area contributed by atoms with E-state index in [0.717, 1.165) is 32.1 Å². The lowest BCUT2D eigenvalue weighted by atomic mass is 9.76. The van der Waals surface area contributed by atoms with E-state index in [0.29, 0.717) is 12.8 Å². The average molecular weight is 241 g/mol. The number of hydrogen-bond acceptors (Lipinski definition) is 2. The van der Waals surface area contributed by atoms with Crippen LogP contribution < -0.4 is 5.32 Å². The summed E-state index contributed by atoms with van der Waals surface area (Å²) in [7, 11) is 0. The fraction of sp³-hybridized carbons (Fsp3) is 0.846. The number of amides is 1. The maximum absolute atomic E-state index is 12.1. The molecule has 1 amide bonds. The molecule has 1 saturated carbocycles. The minimum absolute atomic E-state index is 0.0261. The first kappa shape index (κ1) is 14.0. The SMILES string of the molecule is CCCC(CCC)C(=O)NC1(C(=O)O)CCC1. The molecule has 1 aliphatic carbocycles. The van der Waals surface area contributed by atoms with Crippen molar-refractivity contribution in [3.63, 3.8) is 0 Å². The number of carboxylic acid groups (broad SMARTS) is 1. The van der Waals surface area contributed by atoms with Crippen LogP contribution in [0.1, 0.15) is 58.8 Å². The maximum Gasteiger partial charge on any atom is 0.329 e. The molecule has 17 heavy (non-hydrogen) atoms. The quantitative estimate of drug-likeness (QED) is 0.719. The molecule has 0 bridgehead atoms. The number of nitrogens with one attached hydrogen (secondary N) is 1. The number of hydrogen-bond donors (Lipinski definition) is 2. The summed E-state index contributed by atoms with van der Waals surface area (Å²) in [6.45, 7) is 4.10. The molecule has 4 nitrogen and oxygen atoms in total. The lowest BCUT2D eigenvalue weighted by Gasteiger charge is -2.39. The van der Waals surface area contributed by atoms with E-state index in [-0.39, 0.29) is 11.8 Å². The van der Waals surface area contributed by atoms with Crippen LogP contribution in [0.15, 0.2) is 0 Å². The third-order valence-electron chi connectivity index (χ3n) is 3.62. The van der Waals surface area contributed by atoms with Crippen LogP contribution in [0.2, 0.25) is 0 Å². The second-order valence-corrected chi connectivity index (χ2v) is 5.00. The zero-order valence-corrected chi connectivity index (χ0v) is 10.8. The second kappa shape index (κ2) is 6.03. The van der Waals surface area contributed by atoms with Gasteiger partial charge in [0.15, 0.2) is 0 Å². The third-order valence-corrected chi connectivity index (χ3v) is 3.62. The molecule has 0 aromatic rings. The Balaban J connectivity index is 2.59. The van der Waals surface area contributed by atoms with Crippen LogP contribution >= 0.6 is 0 Å². The zero-order valence-electron chi connectivity index (χ0n) is 10.8. The van der Waals surface area contributed by atoms with Gasteiger partial charge in [0.1, 0.15) is 5.54 Å². The van der Waals surface area contributed by atoms with Crippen molar-refractivity contribution in [1.29, 1.82) is 0 Å². The van der Waals surface area contributed by atoms with E-state index in [2.05, 4.69) is 5.32 Å². The van der Waals surface area contributed by atoms with Crippen molar-refractivity contribution in [3.05, 3.63) is 0 Å². The Bertz CT molecular complexity index is 278. The van der Waals surface area contributed by atoms with Crippen molar-refractivity contribution in [2.45, 2.75) is 64.3 Å². The Hall–Kier alpha value is -1.06. The number of rotatable bonds is 7. The molecular weight excluding hydrogens is 218 g/mol. The molecule has 0 atom stereocenters. The van der Waals surface area contributed by atoms with Gasteiger partial charge in [0, 0.05) is 5.92 Å². The van der Waals surface area contributed by atoms with Gasteiger partial charge in [0.2, 0.25) is 5.91 Å². The highest BCUT2D eigenvalue weighted by atomic mass is 16.4. The summed E-state index contributed by atoms with van der Waals surface area (Å²) in [4.78, 5) is 23.2. The molecule has 0 aliphatic heterocycles. The Morgan fingerprint density at radius 1 is 1.24 bits per heavy atom. The molecule has 1 fully saturated rings. The number of aliphatic carboxylic acids is 1. The van der Waals surface area contributed by atoms with Crippen molar-refractivity contribution in [2.75, 3.05) is 0 Å². The van der Waals surface area contributed by atoms with Crippen LogP contribution in [0.3, 0.4) is 0 Å². The van der Waals surface area contributed by atoms with E-state index in [9.17, 15) is 9.59 Å². The van der Waals surface area contributed by atoms with Crippen molar-refractivity contribution in [2.24, 2.45) is 5.92 Å². The Labute approximate surface area is 103 Å². The van der Waals surface area contributed by atoms with Crippen molar-refractivity contribution >= 4 is 11.9 Å². The normalized spacial score (nSPS) is 17.6. The molecule has 0 radical (unpaired) electrons. The number of carbonyl (C=O) groups is 2. The van der Waals surface area contributed by atoms with Gasteiger partial charge in [0.25, 0.3) is 0 Å². The summed E-state index contributed by atoms with van der Waals surface area (Å²) >= 11 is 0. The van der Waals surface area contributed by atoms with Gasteiger partial charge in [-0.3, -0.25) is 4.79 Å². The Morgan fingerprint density at radius 2 is 1.76 bits per heavy atom. The molecule has 98 valence electrons. The molecule has 0 heterocycles. The van der Waals surface area contributed by atoms with E-state index in [1.165, 1.54) is 0 Å². The first-order valence-corrected chi connectivity index (χ1v) is 6.61. The topological polar surface area (TPSA) is 66.4 Å². The van der Waals surface area contributed by atoms with Crippen molar-refractivity contribution in [1.82, 2.24) is 5.32 Å². The first-order chi connectivity index (χ1) is 8.05. The molecule has 0 unspecified atom stereocenters. The van der Waals surface area contributed by atoms with E-state index >= 15 is 0 Å². The minimum atomic E-state index is -0.961. The second-order valence-electron chi connectivity index (χ2n) is 5.00. The molecule has 1 rings (SSSR count). The summed E-state index contributed by atoms with van der Waals surface area (Å²) in [6, 6.07) is 0. The molecule has 0 saturated heterocycles. The first-order valence-electron chi connectivity index (χ1n) is 6.61. The van der Waals surface area contributed by atoms with Crippen LogP contribution in [-0.4, -0.2) is 22.5 Å². The number of carboxylic acids is 1. The molecule has 2 N–H and O–H groups in total. The van der Waals surface area contributed by atoms with Crippen LogP contribution in [0.4, 0.5) is 0 Å². The zero-order chi connectivity index (χ0) is 12.9. The van der Waals surface area contributed by atoms with Gasteiger partial charge in [-0.25, -0.2) is 4.79 Å². The molecule has 4 heteroatoms. The molecule has 0 spiro atoms. The molecule has 1 aliphatic rings. The summed E-state index contributed by atoms with van der Waals surface area (Å²) < 4.78 is 0. The molecular formula is C13H23NO3. The van der Waals surface area contributed by atoms with E-state index in [1.54, 1.807) is 0 Å². The Kier molecular flexibility index (Phi) is 4.97. The van der Waals surface area contributed by atoms with Gasteiger partial charge in [-0.1, -0.05) is 26.7 Å². The highest BCUT2D eigenvalue weighted by molar-refractivity contribution is 5.88. The predicted octanol–water partition coefficient (Wildman–Crippen LogP) is 2.33. The fourth-order valence-corrected chi connectivity index (χ4v) is 2.36. The van der Waals surface area contributed by atoms with E-state index in [1.807, 2.05) is 13.8 Å². The van der Waals surface area contributed by atoms with E-state index < -0.39 is 11.5 Å². The molecule has 0 aromatic carbocycles. The fourth-order valence-electron chi connectivity index (χ4n) is 2.36. The lowest BCUT2D eigenvalue weighted by molar-refractivity contribution is -0.152. The smallest absolute Gasteiger partial charge is 0.329 e.